The second kappa shape index (κ2) is 4.92. The number of halogens is 2. The molecule has 1 atom stereocenters. The molecule has 0 aliphatic carbocycles. The zero-order chi connectivity index (χ0) is 11.6. The van der Waals surface area contributed by atoms with E-state index in [1.54, 1.807) is 6.07 Å². The normalized spacial score (nSPS) is 25.7. The van der Waals surface area contributed by atoms with Gasteiger partial charge in [0, 0.05) is 23.0 Å². The van der Waals surface area contributed by atoms with Crippen LogP contribution >= 0.6 is 23.2 Å². The molecule has 16 heavy (non-hydrogen) atoms. The van der Waals surface area contributed by atoms with Gasteiger partial charge in [0.05, 0.1) is 5.60 Å². The van der Waals surface area contributed by atoms with Crippen molar-refractivity contribution in [1.82, 2.24) is 5.32 Å². The van der Waals surface area contributed by atoms with Crippen molar-refractivity contribution >= 4 is 23.2 Å². The molecule has 0 bridgehead atoms. The Morgan fingerprint density at radius 2 is 2.19 bits per heavy atom. The molecule has 1 aromatic rings. The van der Waals surface area contributed by atoms with E-state index in [9.17, 15) is 5.11 Å². The Balaban J connectivity index is 2.13. The molecule has 1 unspecified atom stereocenters. The summed E-state index contributed by atoms with van der Waals surface area (Å²) in [4.78, 5) is 0. The van der Waals surface area contributed by atoms with E-state index in [1.807, 2.05) is 12.1 Å². The fourth-order valence-corrected chi connectivity index (χ4v) is 2.60. The zero-order valence-corrected chi connectivity index (χ0v) is 10.5. The van der Waals surface area contributed by atoms with Crippen molar-refractivity contribution in [3.05, 3.63) is 33.8 Å². The summed E-state index contributed by atoms with van der Waals surface area (Å²) in [6.45, 7) is 1.61. The Labute approximate surface area is 106 Å². The lowest BCUT2D eigenvalue weighted by molar-refractivity contribution is 0.0170. The van der Waals surface area contributed by atoms with E-state index in [1.165, 1.54) is 0 Å². The molecule has 1 aliphatic rings. The third kappa shape index (κ3) is 2.89. The lowest BCUT2D eigenvalue weighted by Crippen LogP contribution is -2.47. The molecule has 4 heteroatoms. The standard InChI is InChI=1S/C12H15Cl2NO/c13-10-3-2-9(11(14)6-10)7-12(16)4-1-5-15-8-12/h2-3,6,15-16H,1,4-5,7-8H2. The van der Waals surface area contributed by atoms with Crippen molar-refractivity contribution in [2.24, 2.45) is 0 Å². The van der Waals surface area contributed by atoms with E-state index in [0.29, 0.717) is 23.0 Å². The Morgan fingerprint density at radius 3 is 2.81 bits per heavy atom. The van der Waals surface area contributed by atoms with Gasteiger partial charge in [-0.1, -0.05) is 29.3 Å². The summed E-state index contributed by atoms with van der Waals surface area (Å²) in [5.41, 5.74) is 0.285. The molecule has 1 aliphatic heterocycles. The van der Waals surface area contributed by atoms with Crippen molar-refractivity contribution < 1.29 is 5.11 Å². The first-order valence-corrected chi connectivity index (χ1v) is 6.22. The minimum atomic E-state index is -0.671. The second-order valence-corrected chi connectivity index (χ2v) is 5.26. The molecular formula is C12H15Cl2NO. The van der Waals surface area contributed by atoms with Crippen molar-refractivity contribution in [1.29, 1.82) is 0 Å². The Bertz CT molecular complexity index is 375. The quantitative estimate of drug-likeness (QED) is 0.856. The summed E-state index contributed by atoms with van der Waals surface area (Å²) in [6.07, 6.45) is 2.40. The minimum absolute atomic E-state index is 0.579. The Kier molecular flexibility index (Phi) is 3.75. The molecule has 0 aromatic heterocycles. The SMILES string of the molecule is OC1(Cc2ccc(Cl)cc2Cl)CCCNC1. The third-order valence-corrected chi connectivity index (χ3v) is 3.57. The molecule has 1 aromatic carbocycles. The smallest absolute Gasteiger partial charge is 0.0812 e. The zero-order valence-electron chi connectivity index (χ0n) is 8.97. The number of rotatable bonds is 2. The van der Waals surface area contributed by atoms with E-state index >= 15 is 0 Å². The highest BCUT2D eigenvalue weighted by atomic mass is 35.5. The topological polar surface area (TPSA) is 32.3 Å². The van der Waals surface area contributed by atoms with E-state index in [2.05, 4.69) is 5.32 Å². The summed E-state index contributed by atoms with van der Waals surface area (Å²) in [5.74, 6) is 0. The summed E-state index contributed by atoms with van der Waals surface area (Å²) in [7, 11) is 0. The van der Waals surface area contributed by atoms with Gasteiger partial charge < -0.3 is 10.4 Å². The van der Waals surface area contributed by atoms with E-state index in [4.69, 9.17) is 23.2 Å². The highest BCUT2D eigenvalue weighted by Gasteiger charge is 2.29. The molecule has 2 rings (SSSR count). The molecule has 1 fully saturated rings. The van der Waals surface area contributed by atoms with Gasteiger partial charge >= 0.3 is 0 Å². The molecule has 0 amide bonds. The number of hydrogen-bond acceptors (Lipinski definition) is 2. The Hall–Kier alpha value is -0.280. The maximum atomic E-state index is 10.4. The van der Waals surface area contributed by atoms with Gasteiger partial charge in [0.2, 0.25) is 0 Å². The first kappa shape index (κ1) is 12.2. The molecule has 0 radical (unpaired) electrons. The van der Waals surface area contributed by atoms with Crippen LogP contribution in [0.5, 0.6) is 0 Å². The number of aliphatic hydroxyl groups is 1. The van der Waals surface area contributed by atoms with Gasteiger partial charge in [0.1, 0.15) is 0 Å². The summed E-state index contributed by atoms with van der Waals surface area (Å²) in [5, 5.41) is 14.8. The van der Waals surface area contributed by atoms with Crippen molar-refractivity contribution in [3.8, 4) is 0 Å². The van der Waals surface area contributed by atoms with Crippen LogP contribution in [0.1, 0.15) is 18.4 Å². The summed E-state index contributed by atoms with van der Waals surface area (Å²) >= 11 is 11.9. The van der Waals surface area contributed by atoms with Gasteiger partial charge in [-0.3, -0.25) is 0 Å². The Morgan fingerprint density at radius 1 is 1.38 bits per heavy atom. The first-order chi connectivity index (χ1) is 7.59. The van der Waals surface area contributed by atoms with Gasteiger partial charge in [-0.15, -0.1) is 0 Å². The van der Waals surface area contributed by atoms with E-state index in [-0.39, 0.29) is 0 Å². The third-order valence-electron chi connectivity index (χ3n) is 2.98. The van der Waals surface area contributed by atoms with E-state index in [0.717, 1.165) is 24.9 Å². The lowest BCUT2D eigenvalue weighted by atomic mass is 9.87. The number of hydrogen-bond donors (Lipinski definition) is 2. The highest BCUT2D eigenvalue weighted by molar-refractivity contribution is 6.35. The number of β-amino-alcohol motifs (C(OH)–C–C–N with tert-alkyl or cyclic N) is 1. The summed E-state index contributed by atoms with van der Waals surface area (Å²) in [6, 6.07) is 5.41. The maximum absolute atomic E-state index is 10.4. The average molecular weight is 260 g/mol. The molecule has 1 heterocycles. The first-order valence-electron chi connectivity index (χ1n) is 5.46. The number of nitrogens with one attached hydrogen (secondary N) is 1. The minimum Gasteiger partial charge on any atom is -0.388 e. The highest BCUT2D eigenvalue weighted by Crippen LogP contribution is 2.27. The van der Waals surface area contributed by atoms with Gasteiger partial charge in [-0.2, -0.15) is 0 Å². The fraction of sp³-hybridized carbons (Fsp3) is 0.500. The van der Waals surface area contributed by atoms with Crippen molar-refractivity contribution in [3.63, 3.8) is 0 Å². The average Bonchev–Trinajstić information content (AvgIpc) is 2.23. The molecule has 0 spiro atoms. The number of piperidine rings is 1. The molecular weight excluding hydrogens is 245 g/mol. The monoisotopic (exact) mass is 259 g/mol. The van der Waals surface area contributed by atoms with Gasteiger partial charge in [-0.05, 0) is 37.1 Å². The molecule has 0 saturated carbocycles. The van der Waals surface area contributed by atoms with Crippen LogP contribution < -0.4 is 5.32 Å². The predicted molar refractivity (Wildman–Crippen MR) is 67.2 cm³/mol. The molecule has 2 N–H and O–H groups in total. The lowest BCUT2D eigenvalue weighted by Gasteiger charge is -2.33. The van der Waals surface area contributed by atoms with E-state index < -0.39 is 5.60 Å². The van der Waals surface area contributed by atoms with Gasteiger partial charge in [0.15, 0.2) is 0 Å². The van der Waals surface area contributed by atoms with Crippen LogP contribution in [0.3, 0.4) is 0 Å². The van der Waals surface area contributed by atoms with Gasteiger partial charge in [-0.25, -0.2) is 0 Å². The second-order valence-electron chi connectivity index (χ2n) is 4.42. The molecule has 2 nitrogen and oxygen atoms in total. The van der Waals surface area contributed by atoms with Crippen molar-refractivity contribution in [2.75, 3.05) is 13.1 Å². The molecule has 88 valence electrons. The molecule has 1 saturated heterocycles. The number of benzene rings is 1. The van der Waals surface area contributed by atoms with Crippen LogP contribution in [-0.4, -0.2) is 23.8 Å². The predicted octanol–water partition coefficient (Wildman–Crippen LogP) is 2.65. The van der Waals surface area contributed by atoms with Crippen LogP contribution in [0, 0.1) is 0 Å². The van der Waals surface area contributed by atoms with Crippen LogP contribution in [0.15, 0.2) is 18.2 Å². The maximum Gasteiger partial charge on any atom is 0.0812 e. The summed E-state index contributed by atoms with van der Waals surface area (Å²) < 4.78 is 0. The fourth-order valence-electron chi connectivity index (χ4n) is 2.12. The van der Waals surface area contributed by atoms with Crippen LogP contribution in [0.4, 0.5) is 0 Å². The van der Waals surface area contributed by atoms with Crippen LogP contribution in [0.25, 0.3) is 0 Å². The largest absolute Gasteiger partial charge is 0.388 e. The van der Waals surface area contributed by atoms with Crippen molar-refractivity contribution in [2.45, 2.75) is 24.9 Å². The van der Waals surface area contributed by atoms with Crippen LogP contribution in [0.2, 0.25) is 10.0 Å². The van der Waals surface area contributed by atoms with Crippen LogP contribution in [-0.2, 0) is 6.42 Å². The van der Waals surface area contributed by atoms with Gasteiger partial charge in [0.25, 0.3) is 0 Å².